The fraction of sp³-hybridized carbons (Fsp3) is 0.227. The molecule has 6 heteroatoms. The molecule has 3 aromatic rings. The minimum Gasteiger partial charge on any atom is -0.491 e. The molecule has 0 saturated carbocycles. The average molecular weight is 377 g/mol. The highest BCUT2D eigenvalue weighted by Crippen LogP contribution is 2.30. The van der Waals surface area contributed by atoms with Crippen LogP contribution in [-0.4, -0.2) is 33.4 Å². The lowest BCUT2D eigenvalue weighted by molar-refractivity contribution is -0.133. The highest BCUT2D eigenvalue weighted by Gasteiger charge is 2.26. The van der Waals surface area contributed by atoms with E-state index in [2.05, 4.69) is 9.97 Å². The van der Waals surface area contributed by atoms with Crippen molar-refractivity contribution in [2.45, 2.75) is 25.9 Å². The number of benzene rings is 2. The van der Waals surface area contributed by atoms with Crippen molar-refractivity contribution in [3.8, 4) is 16.9 Å². The average Bonchev–Trinajstić information content (AvgIpc) is 2.89. The van der Waals surface area contributed by atoms with Gasteiger partial charge in [0.25, 0.3) is 0 Å². The van der Waals surface area contributed by atoms with E-state index in [0.717, 1.165) is 22.4 Å². The Kier molecular flexibility index (Phi) is 5.02. The number of rotatable bonds is 3. The molecule has 4 rings (SSSR count). The Balaban J connectivity index is 1.61. The van der Waals surface area contributed by atoms with Crippen LogP contribution in [-0.2, 0) is 17.8 Å². The molecule has 0 radical (unpaired) electrons. The molecule has 2 heterocycles. The van der Waals surface area contributed by atoms with Crippen LogP contribution in [0.15, 0.2) is 61.2 Å². The molecule has 0 spiro atoms. The topological polar surface area (TPSA) is 55.3 Å². The summed E-state index contributed by atoms with van der Waals surface area (Å²) < 4.78 is 19.9. The molecule has 28 heavy (non-hydrogen) atoms. The van der Waals surface area contributed by atoms with Gasteiger partial charge in [0.1, 0.15) is 24.5 Å². The Labute approximate surface area is 162 Å². The highest BCUT2D eigenvalue weighted by atomic mass is 19.1. The van der Waals surface area contributed by atoms with E-state index < -0.39 is 0 Å². The molecule has 0 saturated heterocycles. The summed E-state index contributed by atoms with van der Waals surface area (Å²) in [5.41, 5.74) is 3.17. The zero-order valence-corrected chi connectivity index (χ0v) is 15.5. The van der Waals surface area contributed by atoms with Crippen LogP contribution in [0, 0.1) is 5.82 Å². The zero-order chi connectivity index (χ0) is 19.5. The Morgan fingerprint density at radius 1 is 1.18 bits per heavy atom. The van der Waals surface area contributed by atoms with E-state index in [1.54, 1.807) is 35.5 Å². The summed E-state index contributed by atoms with van der Waals surface area (Å²) in [6, 6.07) is 12.1. The Hall–Kier alpha value is -3.28. The maximum absolute atomic E-state index is 14.0. The third-order valence-corrected chi connectivity index (χ3v) is 4.93. The number of fused-ring (bicyclic) bond motifs is 1. The molecule has 0 fully saturated rings. The number of hydrogen-bond donors (Lipinski definition) is 0. The first-order chi connectivity index (χ1) is 13.6. The van der Waals surface area contributed by atoms with Crippen LogP contribution in [0.3, 0.4) is 0 Å². The normalized spacial score (nSPS) is 16.1. The Morgan fingerprint density at radius 2 is 1.96 bits per heavy atom. The van der Waals surface area contributed by atoms with E-state index in [4.69, 9.17) is 4.74 Å². The SMILES string of the molecule is CC1COc2ccc(-c3cncnc3)cc2CN1C(=O)Cc1ccccc1F. The number of nitrogens with zero attached hydrogens (tertiary/aromatic N) is 3. The number of carbonyl (C=O) groups is 1. The predicted molar refractivity (Wildman–Crippen MR) is 103 cm³/mol. The molecule has 1 aliphatic heterocycles. The number of amides is 1. The van der Waals surface area contributed by atoms with E-state index >= 15 is 0 Å². The van der Waals surface area contributed by atoms with Gasteiger partial charge in [-0.25, -0.2) is 14.4 Å². The lowest BCUT2D eigenvalue weighted by Crippen LogP contribution is -2.40. The number of carbonyl (C=O) groups excluding carboxylic acids is 1. The van der Waals surface area contributed by atoms with E-state index in [1.165, 1.54) is 12.4 Å². The van der Waals surface area contributed by atoms with Crippen LogP contribution in [0.1, 0.15) is 18.1 Å². The largest absolute Gasteiger partial charge is 0.491 e. The molecular formula is C22H20FN3O2. The lowest BCUT2D eigenvalue weighted by Gasteiger charge is -2.26. The maximum Gasteiger partial charge on any atom is 0.227 e. The molecular weight excluding hydrogens is 357 g/mol. The smallest absolute Gasteiger partial charge is 0.227 e. The van der Waals surface area contributed by atoms with Gasteiger partial charge in [-0.1, -0.05) is 24.3 Å². The van der Waals surface area contributed by atoms with Crippen molar-refractivity contribution in [2.75, 3.05) is 6.61 Å². The molecule has 1 atom stereocenters. The summed E-state index contributed by atoms with van der Waals surface area (Å²) in [5.74, 6) is 0.275. The molecule has 0 aliphatic carbocycles. The summed E-state index contributed by atoms with van der Waals surface area (Å²) in [6.07, 6.45) is 5.01. The summed E-state index contributed by atoms with van der Waals surface area (Å²) in [6.45, 7) is 2.74. The third kappa shape index (κ3) is 3.71. The Bertz CT molecular complexity index is 994. The van der Waals surface area contributed by atoms with Crippen molar-refractivity contribution >= 4 is 5.91 Å². The van der Waals surface area contributed by atoms with Crippen molar-refractivity contribution in [3.05, 3.63) is 78.1 Å². The number of aromatic nitrogens is 2. The van der Waals surface area contributed by atoms with Gasteiger partial charge in [-0.15, -0.1) is 0 Å². The molecule has 1 aromatic heterocycles. The summed E-state index contributed by atoms with van der Waals surface area (Å²) >= 11 is 0. The fourth-order valence-electron chi connectivity index (χ4n) is 3.35. The monoisotopic (exact) mass is 377 g/mol. The quantitative estimate of drug-likeness (QED) is 0.699. The predicted octanol–water partition coefficient (Wildman–Crippen LogP) is 3.63. The molecule has 0 bridgehead atoms. The van der Waals surface area contributed by atoms with Gasteiger partial charge >= 0.3 is 0 Å². The van der Waals surface area contributed by atoms with Gasteiger partial charge < -0.3 is 9.64 Å². The van der Waals surface area contributed by atoms with Crippen molar-refractivity contribution in [1.29, 1.82) is 0 Å². The van der Waals surface area contributed by atoms with Crippen LogP contribution < -0.4 is 4.74 Å². The molecule has 1 aliphatic rings. The van der Waals surface area contributed by atoms with Gasteiger partial charge in [0.05, 0.1) is 12.5 Å². The van der Waals surface area contributed by atoms with E-state index in [-0.39, 0.29) is 24.2 Å². The van der Waals surface area contributed by atoms with Crippen molar-refractivity contribution in [1.82, 2.24) is 14.9 Å². The first-order valence-corrected chi connectivity index (χ1v) is 9.16. The number of halogens is 1. The third-order valence-electron chi connectivity index (χ3n) is 4.93. The first kappa shape index (κ1) is 18.1. The van der Waals surface area contributed by atoms with Gasteiger partial charge in [0, 0.05) is 30.1 Å². The standard InChI is InChI=1S/C22H20FN3O2/c1-15-13-28-21-7-6-16(19-10-24-14-25-11-19)8-18(21)12-26(15)22(27)9-17-4-2-3-5-20(17)23/h2-8,10-11,14-15H,9,12-13H2,1H3. The lowest BCUT2D eigenvalue weighted by atomic mass is 10.0. The van der Waals surface area contributed by atoms with Gasteiger partial charge in [-0.3, -0.25) is 4.79 Å². The number of ether oxygens (including phenoxy) is 1. The number of hydrogen-bond acceptors (Lipinski definition) is 4. The minimum absolute atomic E-state index is 0.0264. The van der Waals surface area contributed by atoms with Gasteiger partial charge in [0.2, 0.25) is 5.91 Å². The molecule has 5 nitrogen and oxygen atoms in total. The zero-order valence-electron chi connectivity index (χ0n) is 15.5. The Morgan fingerprint density at radius 3 is 2.75 bits per heavy atom. The molecule has 0 N–H and O–H groups in total. The molecule has 142 valence electrons. The van der Waals surface area contributed by atoms with Crippen LogP contribution >= 0.6 is 0 Å². The summed E-state index contributed by atoms with van der Waals surface area (Å²) in [7, 11) is 0. The second kappa shape index (κ2) is 7.76. The summed E-state index contributed by atoms with van der Waals surface area (Å²) in [5, 5.41) is 0. The van der Waals surface area contributed by atoms with Crippen LogP contribution in [0.4, 0.5) is 4.39 Å². The van der Waals surface area contributed by atoms with Crippen molar-refractivity contribution in [2.24, 2.45) is 0 Å². The van der Waals surface area contributed by atoms with Crippen molar-refractivity contribution in [3.63, 3.8) is 0 Å². The van der Waals surface area contributed by atoms with Crippen molar-refractivity contribution < 1.29 is 13.9 Å². The van der Waals surface area contributed by atoms with E-state index in [0.29, 0.717) is 18.7 Å². The van der Waals surface area contributed by atoms with Crippen LogP contribution in [0.25, 0.3) is 11.1 Å². The van der Waals surface area contributed by atoms with Crippen LogP contribution in [0.5, 0.6) is 5.75 Å². The van der Waals surface area contributed by atoms with Gasteiger partial charge in [0.15, 0.2) is 0 Å². The molecule has 1 amide bonds. The second-order valence-corrected chi connectivity index (χ2v) is 6.90. The minimum atomic E-state index is -0.360. The first-order valence-electron chi connectivity index (χ1n) is 9.16. The highest BCUT2D eigenvalue weighted by molar-refractivity contribution is 5.79. The van der Waals surface area contributed by atoms with Gasteiger partial charge in [-0.2, -0.15) is 0 Å². The second-order valence-electron chi connectivity index (χ2n) is 6.90. The maximum atomic E-state index is 14.0. The molecule has 1 unspecified atom stereocenters. The van der Waals surface area contributed by atoms with E-state index in [1.807, 2.05) is 25.1 Å². The van der Waals surface area contributed by atoms with E-state index in [9.17, 15) is 9.18 Å². The fourth-order valence-corrected chi connectivity index (χ4v) is 3.35. The van der Waals surface area contributed by atoms with Gasteiger partial charge in [-0.05, 0) is 36.2 Å². The molecule has 2 aromatic carbocycles. The summed E-state index contributed by atoms with van der Waals surface area (Å²) in [4.78, 5) is 22.8. The van der Waals surface area contributed by atoms with Crippen LogP contribution in [0.2, 0.25) is 0 Å².